The largest absolute Gasteiger partial charge is 0.393 e. The summed E-state index contributed by atoms with van der Waals surface area (Å²) in [5, 5.41) is 12.8. The molecule has 2 aliphatic rings. The molecule has 1 saturated heterocycles. The predicted octanol–water partition coefficient (Wildman–Crippen LogP) is 5.35. The predicted molar refractivity (Wildman–Crippen MR) is 135 cm³/mol. The van der Waals surface area contributed by atoms with Crippen molar-refractivity contribution in [1.82, 2.24) is 9.88 Å². The number of para-hydroxylation sites is 1. The number of aromatic nitrogens is 1. The van der Waals surface area contributed by atoms with E-state index < -0.39 is 6.10 Å². The van der Waals surface area contributed by atoms with Crippen LogP contribution in [-0.2, 0) is 14.9 Å². The van der Waals surface area contributed by atoms with E-state index in [9.17, 15) is 5.11 Å². The monoisotopic (exact) mass is 454 g/mol. The molecule has 4 rings (SSSR count). The second kappa shape index (κ2) is 11.2. The van der Waals surface area contributed by atoms with E-state index in [-0.39, 0.29) is 17.4 Å². The number of H-pyrrole nitrogens is 1. The summed E-state index contributed by atoms with van der Waals surface area (Å²) in [4.78, 5) is 6.31. The van der Waals surface area contributed by atoms with E-state index in [0.717, 1.165) is 70.3 Å². The topological polar surface area (TPSA) is 57.7 Å². The molecule has 2 heterocycles. The molecule has 1 fully saturated rings. The number of unbranched alkanes of at least 4 members (excludes halogenated alkanes) is 2. The lowest BCUT2D eigenvalue weighted by Gasteiger charge is -2.42. The number of likely N-dealkylation sites (tertiary alicyclic amines) is 1. The first-order valence-electron chi connectivity index (χ1n) is 13.0. The van der Waals surface area contributed by atoms with Crippen LogP contribution in [0.2, 0.25) is 0 Å². The van der Waals surface area contributed by atoms with Gasteiger partial charge in [-0.05, 0) is 43.9 Å². The van der Waals surface area contributed by atoms with Crippen molar-refractivity contribution in [2.45, 2.75) is 69.9 Å². The zero-order valence-corrected chi connectivity index (χ0v) is 20.5. The van der Waals surface area contributed by atoms with E-state index >= 15 is 0 Å². The van der Waals surface area contributed by atoms with Gasteiger partial charge in [0, 0.05) is 48.3 Å². The Labute approximate surface area is 199 Å². The third kappa shape index (κ3) is 4.79. The van der Waals surface area contributed by atoms with Gasteiger partial charge in [0.25, 0.3) is 0 Å². The van der Waals surface area contributed by atoms with Gasteiger partial charge in [-0.1, -0.05) is 51.0 Å². The van der Waals surface area contributed by atoms with E-state index in [0.29, 0.717) is 13.2 Å². The third-order valence-corrected chi connectivity index (χ3v) is 7.75. The van der Waals surface area contributed by atoms with Crippen molar-refractivity contribution in [3.8, 4) is 0 Å². The van der Waals surface area contributed by atoms with Gasteiger partial charge in [0.05, 0.1) is 24.7 Å². The second-order valence-electron chi connectivity index (χ2n) is 9.93. The SMILES string of the molecule is C=CCN1CCC2C(O)CC1c1c([nH]c3ccccc13)C2(COCCCC)COCCCC. The van der Waals surface area contributed by atoms with Gasteiger partial charge in [0.15, 0.2) is 0 Å². The Bertz CT molecular complexity index is 896. The van der Waals surface area contributed by atoms with Crippen LogP contribution in [0.3, 0.4) is 0 Å². The van der Waals surface area contributed by atoms with Gasteiger partial charge in [-0.15, -0.1) is 6.58 Å². The molecule has 0 radical (unpaired) electrons. The highest BCUT2D eigenvalue weighted by atomic mass is 16.5. The Morgan fingerprint density at radius 1 is 1.15 bits per heavy atom. The number of hydrogen-bond acceptors (Lipinski definition) is 4. The Balaban J connectivity index is 1.85. The third-order valence-electron chi connectivity index (χ3n) is 7.75. The maximum absolute atomic E-state index is 11.6. The summed E-state index contributed by atoms with van der Waals surface area (Å²) in [6.45, 7) is 12.8. The number of aliphatic hydroxyl groups is 1. The maximum atomic E-state index is 11.6. The van der Waals surface area contributed by atoms with Crippen LogP contribution < -0.4 is 0 Å². The first kappa shape index (κ1) is 24.5. The van der Waals surface area contributed by atoms with Crippen molar-refractivity contribution in [3.05, 3.63) is 48.2 Å². The van der Waals surface area contributed by atoms with Crippen LogP contribution in [0.25, 0.3) is 10.9 Å². The summed E-state index contributed by atoms with van der Waals surface area (Å²) in [5.74, 6) is 0.0763. The molecule has 1 aliphatic heterocycles. The average Bonchev–Trinajstić information content (AvgIpc) is 3.08. The summed E-state index contributed by atoms with van der Waals surface area (Å²) in [6.07, 6.45) is 7.59. The molecule has 0 amide bonds. The minimum Gasteiger partial charge on any atom is -0.393 e. The molecule has 1 aliphatic carbocycles. The van der Waals surface area contributed by atoms with Crippen LogP contribution in [0.5, 0.6) is 0 Å². The lowest BCUT2D eigenvalue weighted by Crippen LogP contribution is -2.49. The standard InChI is InChI=1S/C28H42N2O3/c1-4-7-16-32-19-28(20-33-17-8-5-2)22-13-15-30(14-6-3)24(18-25(22)31)26-21-11-9-10-12-23(21)29-27(26)28/h6,9-12,22,24-25,29,31H,3-5,7-8,13-20H2,1-2H3. The van der Waals surface area contributed by atoms with Gasteiger partial charge in [0.1, 0.15) is 0 Å². The number of nitrogens with one attached hydrogen (secondary N) is 1. The molecule has 2 N–H and O–H groups in total. The molecule has 0 saturated carbocycles. The van der Waals surface area contributed by atoms with Crippen molar-refractivity contribution in [3.63, 3.8) is 0 Å². The lowest BCUT2D eigenvalue weighted by atomic mass is 9.69. The zero-order chi connectivity index (χ0) is 23.3. The van der Waals surface area contributed by atoms with Crippen molar-refractivity contribution < 1.29 is 14.6 Å². The van der Waals surface area contributed by atoms with Crippen molar-refractivity contribution in [1.29, 1.82) is 0 Å². The lowest BCUT2D eigenvalue weighted by molar-refractivity contribution is -0.0467. The zero-order valence-electron chi connectivity index (χ0n) is 20.5. The highest BCUT2D eigenvalue weighted by Crippen LogP contribution is 2.51. The highest BCUT2D eigenvalue weighted by molar-refractivity contribution is 5.86. The van der Waals surface area contributed by atoms with Gasteiger partial charge in [-0.25, -0.2) is 0 Å². The van der Waals surface area contributed by atoms with Crippen molar-refractivity contribution in [2.24, 2.45) is 5.92 Å². The first-order valence-corrected chi connectivity index (χ1v) is 13.0. The van der Waals surface area contributed by atoms with Gasteiger partial charge >= 0.3 is 0 Å². The number of benzene rings is 1. The molecule has 2 bridgehead atoms. The van der Waals surface area contributed by atoms with E-state index in [2.05, 4.69) is 54.6 Å². The van der Waals surface area contributed by atoms with Crippen LogP contribution in [-0.4, -0.2) is 60.6 Å². The summed E-state index contributed by atoms with van der Waals surface area (Å²) in [6, 6.07) is 8.76. The minimum absolute atomic E-state index is 0.0763. The fraction of sp³-hybridized carbons (Fsp3) is 0.643. The van der Waals surface area contributed by atoms with Crippen LogP contribution in [0.4, 0.5) is 0 Å². The average molecular weight is 455 g/mol. The molecule has 3 atom stereocenters. The molecule has 2 aromatic rings. The maximum Gasteiger partial charge on any atom is 0.0627 e. The minimum atomic E-state index is -0.395. The van der Waals surface area contributed by atoms with Gasteiger partial charge in [0.2, 0.25) is 0 Å². The van der Waals surface area contributed by atoms with E-state index in [1.54, 1.807) is 0 Å². The Kier molecular flexibility index (Phi) is 8.29. The normalized spacial score (nSPS) is 24.5. The van der Waals surface area contributed by atoms with Crippen molar-refractivity contribution >= 4 is 10.9 Å². The molecule has 5 heteroatoms. The highest BCUT2D eigenvalue weighted by Gasteiger charge is 2.53. The van der Waals surface area contributed by atoms with E-state index in [4.69, 9.17) is 9.47 Å². The quantitative estimate of drug-likeness (QED) is 0.335. The van der Waals surface area contributed by atoms with E-state index in [1.807, 2.05) is 6.08 Å². The molecular weight excluding hydrogens is 412 g/mol. The molecular formula is C28H42N2O3. The van der Waals surface area contributed by atoms with Gasteiger partial charge in [-0.2, -0.15) is 0 Å². The summed E-state index contributed by atoms with van der Waals surface area (Å²) < 4.78 is 12.7. The number of aromatic amines is 1. The molecule has 5 nitrogen and oxygen atoms in total. The number of fused-ring (bicyclic) bond motifs is 7. The fourth-order valence-corrected chi connectivity index (χ4v) is 6.01. The van der Waals surface area contributed by atoms with E-state index in [1.165, 1.54) is 16.6 Å². The Morgan fingerprint density at radius 2 is 1.85 bits per heavy atom. The fourth-order valence-electron chi connectivity index (χ4n) is 6.01. The Morgan fingerprint density at radius 3 is 2.52 bits per heavy atom. The number of rotatable bonds is 12. The number of aliphatic hydroxyl groups excluding tert-OH is 1. The van der Waals surface area contributed by atoms with Crippen LogP contribution >= 0.6 is 0 Å². The molecule has 33 heavy (non-hydrogen) atoms. The smallest absolute Gasteiger partial charge is 0.0627 e. The van der Waals surface area contributed by atoms with Crippen molar-refractivity contribution in [2.75, 3.05) is 39.5 Å². The molecule has 3 unspecified atom stereocenters. The molecule has 0 spiro atoms. The molecule has 1 aromatic heterocycles. The molecule has 1 aromatic carbocycles. The first-order chi connectivity index (χ1) is 16.2. The number of hydrogen-bond donors (Lipinski definition) is 2. The van der Waals surface area contributed by atoms with Crippen LogP contribution in [0.15, 0.2) is 36.9 Å². The van der Waals surface area contributed by atoms with Gasteiger partial charge < -0.3 is 19.6 Å². The number of nitrogens with zero attached hydrogens (tertiary/aromatic N) is 1. The Hall–Kier alpha value is -1.66. The van der Waals surface area contributed by atoms with Gasteiger partial charge in [-0.3, -0.25) is 4.90 Å². The second-order valence-corrected chi connectivity index (χ2v) is 9.93. The van der Waals surface area contributed by atoms with Crippen LogP contribution in [0.1, 0.15) is 69.7 Å². The summed E-state index contributed by atoms with van der Waals surface area (Å²) in [5.41, 5.74) is 3.32. The summed E-state index contributed by atoms with van der Waals surface area (Å²) >= 11 is 0. The number of ether oxygens (including phenoxy) is 2. The summed E-state index contributed by atoms with van der Waals surface area (Å²) in [7, 11) is 0. The van der Waals surface area contributed by atoms with Crippen LogP contribution in [0, 0.1) is 5.92 Å². The molecule has 182 valence electrons.